The van der Waals surface area contributed by atoms with E-state index in [0.717, 1.165) is 64.8 Å². The fourth-order valence-corrected chi connectivity index (χ4v) is 4.22. The van der Waals surface area contributed by atoms with Crippen LogP contribution >= 0.6 is 0 Å². The van der Waals surface area contributed by atoms with E-state index < -0.39 is 5.60 Å². The zero-order chi connectivity index (χ0) is 26.3. The van der Waals surface area contributed by atoms with Crippen LogP contribution in [0.1, 0.15) is 58.1 Å². The highest BCUT2D eigenvalue weighted by molar-refractivity contribution is 5.91. The molecule has 0 aliphatic heterocycles. The molecular formula is C28H35N5O4. The van der Waals surface area contributed by atoms with E-state index in [4.69, 9.17) is 14.2 Å². The van der Waals surface area contributed by atoms with E-state index in [1.165, 1.54) is 0 Å². The molecule has 4 rings (SSSR count). The molecule has 2 aromatic heterocycles. The quantitative estimate of drug-likeness (QED) is 0.195. The SMILES string of the molecule is CCCc1c(OCCCCOc2ccc(-c3nn[nH]n3)cc2)ccc2[nH]cc(CC(=O)OC(C)(C)C)c12. The molecule has 0 bridgehead atoms. The number of carbonyl (C=O) groups is 1. The smallest absolute Gasteiger partial charge is 0.310 e. The molecule has 4 aromatic rings. The predicted molar refractivity (Wildman–Crippen MR) is 142 cm³/mol. The first-order chi connectivity index (χ1) is 17.8. The number of rotatable bonds is 12. The number of nitrogens with zero attached hydrogens (tertiary/aromatic N) is 3. The normalized spacial score (nSPS) is 11.6. The van der Waals surface area contributed by atoms with Crippen molar-refractivity contribution in [2.45, 2.75) is 65.4 Å². The molecule has 0 atom stereocenters. The first-order valence-corrected chi connectivity index (χ1v) is 12.8. The Morgan fingerprint density at radius 3 is 2.43 bits per heavy atom. The van der Waals surface area contributed by atoms with Crippen molar-refractivity contribution >= 4 is 16.9 Å². The summed E-state index contributed by atoms with van der Waals surface area (Å²) in [4.78, 5) is 15.8. The van der Waals surface area contributed by atoms with Crippen LogP contribution < -0.4 is 9.47 Å². The highest BCUT2D eigenvalue weighted by atomic mass is 16.6. The average molecular weight is 506 g/mol. The van der Waals surface area contributed by atoms with Crippen molar-refractivity contribution in [3.8, 4) is 22.9 Å². The molecule has 9 heteroatoms. The first-order valence-electron chi connectivity index (χ1n) is 12.8. The Balaban J connectivity index is 1.31. The Morgan fingerprint density at radius 1 is 1.00 bits per heavy atom. The highest BCUT2D eigenvalue weighted by Gasteiger charge is 2.20. The maximum atomic E-state index is 12.5. The minimum absolute atomic E-state index is 0.227. The first kappa shape index (κ1) is 26.2. The zero-order valence-electron chi connectivity index (χ0n) is 22.0. The number of hydrogen-bond acceptors (Lipinski definition) is 7. The van der Waals surface area contributed by atoms with Gasteiger partial charge in [0.2, 0.25) is 5.82 Å². The molecule has 2 heterocycles. The van der Waals surface area contributed by atoms with Crippen LogP contribution in [0, 0.1) is 0 Å². The molecule has 0 amide bonds. The number of fused-ring (bicyclic) bond motifs is 1. The van der Waals surface area contributed by atoms with Crippen LogP contribution in [-0.4, -0.2) is 50.4 Å². The standard InChI is InChI=1S/C28H35N5O4/c1-5-8-22-24(14-13-23-26(22)20(18-29-23)17-25(34)37-28(2,3)4)36-16-7-6-15-35-21-11-9-19(10-12-21)27-30-32-33-31-27/h9-14,18,29H,5-8,15-17H2,1-4H3,(H,30,31,32,33). The molecule has 0 aliphatic carbocycles. The summed E-state index contributed by atoms with van der Waals surface area (Å²) < 4.78 is 17.6. The van der Waals surface area contributed by atoms with Crippen LogP contribution in [0.5, 0.6) is 11.5 Å². The summed E-state index contributed by atoms with van der Waals surface area (Å²) in [6.07, 6.45) is 5.71. The molecule has 2 N–H and O–H groups in total. The fourth-order valence-electron chi connectivity index (χ4n) is 4.22. The molecule has 0 saturated carbocycles. The molecule has 0 saturated heterocycles. The Morgan fingerprint density at radius 2 is 1.76 bits per heavy atom. The molecule has 196 valence electrons. The highest BCUT2D eigenvalue weighted by Crippen LogP contribution is 2.32. The van der Waals surface area contributed by atoms with Crippen LogP contribution in [0.15, 0.2) is 42.6 Å². The third kappa shape index (κ3) is 7.09. The Bertz CT molecular complexity index is 1290. The lowest BCUT2D eigenvalue weighted by molar-refractivity contribution is -0.153. The van der Waals surface area contributed by atoms with Crippen molar-refractivity contribution in [1.29, 1.82) is 0 Å². The van der Waals surface area contributed by atoms with Gasteiger partial charge in [0.25, 0.3) is 0 Å². The van der Waals surface area contributed by atoms with Crippen LogP contribution in [0.3, 0.4) is 0 Å². The van der Waals surface area contributed by atoms with Gasteiger partial charge in [0.1, 0.15) is 17.1 Å². The third-order valence-corrected chi connectivity index (χ3v) is 5.77. The van der Waals surface area contributed by atoms with E-state index in [-0.39, 0.29) is 12.4 Å². The summed E-state index contributed by atoms with van der Waals surface area (Å²) in [5, 5.41) is 15.0. The Hall–Kier alpha value is -3.88. The van der Waals surface area contributed by atoms with Crippen LogP contribution in [0.25, 0.3) is 22.3 Å². The number of aryl methyl sites for hydroxylation is 1. The zero-order valence-corrected chi connectivity index (χ0v) is 22.0. The van der Waals surface area contributed by atoms with Gasteiger partial charge in [-0.2, -0.15) is 5.21 Å². The molecule has 0 unspecified atom stereocenters. The van der Waals surface area contributed by atoms with Crippen molar-refractivity contribution in [3.05, 3.63) is 53.7 Å². The number of benzene rings is 2. The number of H-pyrrole nitrogens is 2. The topological polar surface area (TPSA) is 115 Å². The van der Waals surface area contributed by atoms with Gasteiger partial charge in [0.05, 0.1) is 19.6 Å². The molecule has 9 nitrogen and oxygen atoms in total. The van der Waals surface area contributed by atoms with Gasteiger partial charge in [-0.3, -0.25) is 4.79 Å². The lowest BCUT2D eigenvalue weighted by Gasteiger charge is -2.19. The molecule has 0 fully saturated rings. The Labute approximate surface area is 216 Å². The van der Waals surface area contributed by atoms with Gasteiger partial charge >= 0.3 is 5.97 Å². The second-order valence-corrected chi connectivity index (χ2v) is 9.96. The number of aromatic amines is 2. The minimum Gasteiger partial charge on any atom is -0.494 e. The molecular weight excluding hydrogens is 470 g/mol. The van der Waals surface area contributed by atoms with E-state index in [9.17, 15) is 4.79 Å². The second kappa shape index (κ2) is 11.9. The van der Waals surface area contributed by atoms with Crippen molar-refractivity contribution in [1.82, 2.24) is 25.6 Å². The number of tetrazole rings is 1. The van der Waals surface area contributed by atoms with E-state index in [2.05, 4.69) is 32.5 Å². The number of esters is 1. The van der Waals surface area contributed by atoms with E-state index in [0.29, 0.717) is 19.0 Å². The maximum absolute atomic E-state index is 12.5. The van der Waals surface area contributed by atoms with Crippen LogP contribution in [0.4, 0.5) is 0 Å². The molecule has 0 radical (unpaired) electrons. The maximum Gasteiger partial charge on any atom is 0.310 e. The number of nitrogens with one attached hydrogen (secondary N) is 2. The number of aromatic nitrogens is 5. The van der Waals surface area contributed by atoms with Crippen molar-refractivity contribution in [3.63, 3.8) is 0 Å². The van der Waals surface area contributed by atoms with Gasteiger partial charge in [0, 0.05) is 28.2 Å². The van der Waals surface area contributed by atoms with E-state index >= 15 is 0 Å². The fraction of sp³-hybridized carbons (Fsp3) is 0.429. The molecule has 0 spiro atoms. The van der Waals surface area contributed by atoms with E-state index in [1.54, 1.807) is 0 Å². The van der Waals surface area contributed by atoms with Gasteiger partial charge in [-0.25, -0.2) is 0 Å². The summed E-state index contributed by atoms with van der Waals surface area (Å²) >= 11 is 0. The van der Waals surface area contributed by atoms with E-state index in [1.807, 2.05) is 63.4 Å². The van der Waals surface area contributed by atoms with Crippen LogP contribution in [0.2, 0.25) is 0 Å². The van der Waals surface area contributed by atoms with Crippen molar-refractivity contribution in [2.24, 2.45) is 0 Å². The van der Waals surface area contributed by atoms with Crippen LogP contribution in [-0.2, 0) is 22.4 Å². The lowest BCUT2D eigenvalue weighted by Crippen LogP contribution is -2.24. The summed E-state index contributed by atoms with van der Waals surface area (Å²) in [6.45, 7) is 8.99. The number of hydrogen-bond donors (Lipinski definition) is 2. The lowest BCUT2D eigenvalue weighted by atomic mass is 9.99. The van der Waals surface area contributed by atoms with Gasteiger partial charge in [-0.15, -0.1) is 10.2 Å². The Kier molecular flexibility index (Phi) is 8.43. The van der Waals surface area contributed by atoms with Gasteiger partial charge in [0.15, 0.2) is 0 Å². The summed E-state index contributed by atoms with van der Waals surface area (Å²) in [5.41, 5.74) is 3.46. The molecule has 37 heavy (non-hydrogen) atoms. The van der Waals surface area contributed by atoms with Gasteiger partial charge in [-0.1, -0.05) is 13.3 Å². The van der Waals surface area contributed by atoms with Crippen molar-refractivity contribution in [2.75, 3.05) is 13.2 Å². The largest absolute Gasteiger partial charge is 0.494 e. The summed E-state index contributed by atoms with van der Waals surface area (Å²) in [5.74, 6) is 2.00. The molecule has 2 aromatic carbocycles. The second-order valence-electron chi connectivity index (χ2n) is 9.96. The average Bonchev–Trinajstić information content (AvgIpc) is 3.52. The molecule has 0 aliphatic rings. The van der Waals surface area contributed by atoms with Gasteiger partial charge in [-0.05, 0) is 87.2 Å². The van der Waals surface area contributed by atoms with Crippen molar-refractivity contribution < 1.29 is 19.0 Å². The summed E-state index contributed by atoms with van der Waals surface area (Å²) in [7, 11) is 0. The van der Waals surface area contributed by atoms with Gasteiger partial charge < -0.3 is 19.2 Å². The monoisotopic (exact) mass is 505 g/mol. The minimum atomic E-state index is -0.508. The number of carbonyl (C=O) groups excluding carboxylic acids is 1. The number of unbranched alkanes of at least 4 members (excludes halogenated alkanes) is 1. The number of ether oxygens (including phenoxy) is 3. The predicted octanol–water partition coefficient (Wildman–Crippen LogP) is 5.42. The third-order valence-electron chi connectivity index (χ3n) is 5.77. The summed E-state index contributed by atoms with van der Waals surface area (Å²) in [6, 6.07) is 11.7.